The van der Waals surface area contributed by atoms with Crippen LogP contribution in [0.25, 0.3) is 11.6 Å². The van der Waals surface area contributed by atoms with Gasteiger partial charge in [-0.2, -0.15) is 5.26 Å². The summed E-state index contributed by atoms with van der Waals surface area (Å²) in [6, 6.07) is 20.2. The molecule has 0 atom stereocenters. The quantitative estimate of drug-likeness (QED) is 0.296. The Morgan fingerprint density at radius 3 is 2.14 bits per heavy atom. The number of methoxy groups -OCH3 is 1. The summed E-state index contributed by atoms with van der Waals surface area (Å²) in [5, 5.41) is 10.9. The zero-order valence-corrected chi connectivity index (χ0v) is 17.7. The van der Waals surface area contributed by atoms with Gasteiger partial charge in [0.2, 0.25) is 0 Å². The van der Waals surface area contributed by atoms with Crippen LogP contribution in [0.1, 0.15) is 16.7 Å². The summed E-state index contributed by atoms with van der Waals surface area (Å²) < 4.78 is 10.9. The molecule has 0 saturated carbocycles. The molecule has 0 amide bonds. The zero-order valence-electron chi connectivity index (χ0n) is 15.5. The Hall–Kier alpha value is -2.64. The Balaban J connectivity index is 1.82. The van der Waals surface area contributed by atoms with E-state index in [4.69, 9.17) is 44.3 Å². The second kappa shape index (κ2) is 9.71. The van der Waals surface area contributed by atoms with Crippen molar-refractivity contribution in [3.8, 4) is 17.6 Å². The Bertz CT molecular complexity index is 1050. The van der Waals surface area contributed by atoms with Crippen molar-refractivity contribution in [3.63, 3.8) is 0 Å². The lowest BCUT2D eigenvalue weighted by molar-refractivity contribution is 0.306. The van der Waals surface area contributed by atoms with Gasteiger partial charge in [0.1, 0.15) is 12.4 Å². The summed E-state index contributed by atoms with van der Waals surface area (Å²) in [6.07, 6.45) is 1.72. The number of ether oxygens (including phenoxy) is 2. The van der Waals surface area contributed by atoms with Crippen molar-refractivity contribution in [2.75, 3.05) is 7.11 Å². The zero-order chi connectivity index (χ0) is 20.8. The number of hydrogen-bond acceptors (Lipinski definition) is 3. The number of halogens is 3. The van der Waals surface area contributed by atoms with Gasteiger partial charge in [-0.1, -0.05) is 46.9 Å². The van der Waals surface area contributed by atoms with E-state index in [9.17, 15) is 5.26 Å². The lowest BCUT2D eigenvalue weighted by Crippen LogP contribution is -1.97. The molecule has 0 unspecified atom stereocenters. The van der Waals surface area contributed by atoms with Crippen molar-refractivity contribution in [2.24, 2.45) is 0 Å². The highest BCUT2D eigenvalue weighted by atomic mass is 35.5. The molecule has 3 aromatic carbocycles. The minimum atomic E-state index is 0.307. The summed E-state index contributed by atoms with van der Waals surface area (Å²) in [4.78, 5) is 0. The molecule has 0 N–H and O–H groups in total. The van der Waals surface area contributed by atoms with Crippen LogP contribution in [0.4, 0.5) is 0 Å². The first-order valence-corrected chi connectivity index (χ1v) is 9.76. The second-order valence-corrected chi connectivity index (χ2v) is 7.38. The van der Waals surface area contributed by atoms with Gasteiger partial charge in [0.05, 0.1) is 28.8 Å². The summed E-state index contributed by atoms with van der Waals surface area (Å²) in [7, 11) is 1.59. The molecule has 6 heteroatoms. The van der Waals surface area contributed by atoms with Crippen molar-refractivity contribution in [1.82, 2.24) is 0 Å². The topological polar surface area (TPSA) is 42.2 Å². The van der Waals surface area contributed by atoms with Gasteiger partial charge in [-0.05, 0) is 71.3 Å². The predicted molar refractivity (Wildman–Crippen MR) is 119 cm³/mol. The largest absolute Gasteiger partial charge is 0.497 e. The average molecular weight is 445 g/mol. The molecule has 0 aliphatic heterocycles. The van der Waals surface area contributed by atoms with Crippen LogP contribution in [-0.2, 0) is 6.61 Å². The van der Waals surface area contributed by atoms with Crippen LogP contribution in [-0.4, -0.2) is 7.11 Å². The molecule has 0 fully saturated rings. The molecular formula is C23H16Cl3NO2. The van der Waals surface area contributed by atoms with Gasteiger partial charge >= 0.3 is 0 Å². The normalized spacial score (nSPS) is 11.1. The fourth-order valence-electron chi connectivity index (χ4n) is 2.65. The summed E-state index contributed by atoms with van der Waals surface area (Å²) in [5.41, 5.74) is 2.89. The van der Waals surface area contributed by atoms with E-state index in [1.165, 1.54) is 0 Å². The smallest absolute Gasteiger partial charge is 0.157 e. The number of nitrogens with zero attached hydrogens (tertiary/aromatic N) is 1. The minimum Gasteiger partial charge on any atom is -0.497 e. The van der Waals surface area contributed by atoms with Crippen molar-refractivity contribution in [2.45, 2.75) is 6.61 Å². The summed E-state index contributed by atoms with van der Waals surface area (Å²) in [5.74, 6) is 1.11. The van der Waals surface area contributed by atoms with Crippen molar-refractivity contribution >= 4 is 46.5 Å². The van der Waals surface area contributed by atoms with Crippen LogP contribution in [0, 0.1) is 11.3 Å². The molecule has 0 saturated heterocycles. The minimum absolute atomic E-state index is 0.307. The van der Waals surface area contributed by atoms with E-state index in [0.717, 1.165) is 16.9 Å². The highest BCUT2D eigenvalue weighted by Crippen LogP contribution is 2.36. The lowest BCUT2D eigenvalue weighted by Gasteiger charge is -2.11. The number of nitriles is 1. The molecule has 0 aliphatic rings. The van der Waals surface area contributed by atoms with Gasteiger partial charge in [0.25, 0.3) is 0 Å². The van der Waals surface area contributed by atoms with Gasteiger partial charge in [-0.25, -0.2) is 0 Å². The Labute approximate surface area is 184 Å². The molecule has 0 aliphatic carbocycles. The van der Waals surface area contributed by atoms with E-state index >= 15 is 0 Å². The molecule has 3 nitrogen and oxygen atoms in total. The monoisotopic (exact) mass is 443 g/mol. The molecule has 0 spiro atoms. The van der Waals surface area contributed by atoms with Crippen molar-refractivity contribution < 1.29 is 9.47 Å². The summed E-state index contributed by atoms with van der Waals surface area (Å²) in [6.45, 7) is 0.307. The van der Waals surface area contributed by atoms with Gasteiger partial charge in [0, 0.05) is 5.02 Å². The van der Waals surface area contributed by atoms with E-state index in [2.05, 4.69) is 6.07 Å². The molecule has 0 aromatic heterocycles. The van der Waals surface area contributed by atoms with Crippen LogP contribution in [0.3, 0.4) is 0 Å². The van der Waals surface area contributed by atoms with Crippen molar-refractivity contribution in [1.29, 1.82) is 5.26 Å². The van der Waals surface area contributed by atoms with Crippen LogP contribution in [0.15, 0.2) is 60.7 Å². The maximum Gasteiger partial charge on any atom is 0.157 e. The first-order valence-electron chi connectivity index (χ1n) is 8.62. The molecule has 29 heavy (non-hydrogen) atoms. The molecule has 0 bridgehead atoms. The van der Waals surface area contributed by atoms with E-state index in [1.54, 1.807) is 49.6 Å². The fraction of sp³-hybridized carbons (Fsp3) is 0.0870. The van der Waals surface area contributed by atoms with Gasteiger partial charge in [-0.15, -0.1) is 0 Å². The third kappa shape index (κ3) is 5.46. The van der Waals surface area contributed by atoms with Crippen molar-refractivity contribution in [3.05, 3.63) is 92.4 Å². The first kappa shape index (κ1) is 21.1. The van der Waals surface area contributed by atoms with E-state index in [-0.39, 0.29) is 0 Å². The number of benzene rings is 3. The van der Waals surface area contributed by atoms with E-state index < -0.39 is 0 Å². The van der Waals surface area contributed by atoms with Gasteiger partial charge in [0.15, 0.2) is 5.75 Å². The van der Waals surface area contributed by atoms with Crippen LogP contribution >= 0.6 is 34.8 Å². The van der Waals surface area contributed by atoms with Gasteiger partial charge < -0.3 is 9.47 Å². The number of rotatable bonds is 6. The maximum atomic E-state index is 9.54. The highest BCUT2D eigenvalue weighted by molar-refractivity contribution is 6.37. The Kier molecular flexibility index (Phi) is 7.06. The standard InChI is InChI=1S/C23H16Cl3NO2/c1-28-20-8-4-17(5-9-20)18(13-27)10-16-11-21(25)23(22(26)12-16)29-14-15-2-6-19(24)7-3-15/h2-12H,14H2,1H3/b18-10+. The molecule has 0 radical (unpaired) electrons. The van der Waals surface area contributed by atoms with Crippen LogP contribution in [0.5, 0.6) is 11.5 Å². The van der Waals surface area contributed by atoms with E-state index in [1.807, 2.05) is 24.3 Å². The molecular weight excluding hydrogens is 429 g/mol. The van der Waals surface area contributed by atoms with Crippen LogP contribution < -0.4 is 9.47 Å². The molecule has 0 heterocycles. The molecule has 3 rings (SSSR count). The number of allylic oxidation sites excluding steroid dienone is 1. The fourth-order valence-corrected chi connectivity index (χ4v) is 3.39. The Morgan fingerprint density at radius 2 is 1.59 bits per heavy atom. The Morgan fingerprint density at radius 1 is 0.966 bits per heavy atom. The third-order valence-corrected chi connectivity index (χ3v) is 4.96. The third-order valence-electron chi connectivity index (χ3n) is 4.15. The second-order valence-electron chi connectivity index (χ2n) is 6.13. The van der Waals surface area contributed by atoms with Gasteiger partial charge in [-0.3, -0.25) is 0 Å². The molecule has 146 valence electrons. The summed E-state index contributed by atoms with van der Waals surface area (Å²) >= 11 is 18.7. The predicted octanol–water partition coefficient (Wildman–Crippen LogP) is 7.30. The average Bonchev–Trinajstić information content (AvgIpc) is 2.73. The molecule has 3 aromatic rings. The van der Waals surface area contributed by atoms with Crippen LogP contribution in [0.2, 0.25) is 15.1 Å². The lowest BCUT2D eigenvalue weighted by atomic mass is 10.0. The van der Waals surface area contributed by atoms with E-state index in [0.29, 0.717) is 38.6 Å². The number of hydrogen-bond donors (Lipinski definition) is 0. The maximum absolute atomic E-state index is 9.54. The first-order chi connectivity index (χ1) is 14.0. The highest BCUT2D eigenvalue weighted by Gasteiger charge is 2.11. The SMILES string of the molecule is COc1ccc(/C(C#N)=C/c2cc(Cl)c(OCc3ccc(Cl)cc3)c(Cl)c2)cc1.